The van der Waals surface area contributed by atoms with Crippen molar-refractivity contribution in [1.82, 2.24) is 19.9 Å². The van der Waals surface area contributed by atoms with Gasteiger partial charge in [-0.1, -0.05) is 0 Å². The summed E-state index contributed by atoms with van der Waals surface area (Å²) in [5.74, 6) is 1.35. The van der Waals surface area contributed by atoms with Crippen LogP contribution in [0.2, 0.25) is 0 Å². The Morgan fingerprint density at radius 3 is 3.05 bits per heavy atom. The van der Waals surface area contributed by atoms with E-state index < -0.39 is 0 Å². The number of nitrogens with two attached hydrogens (primary N) is 1. The number of hydrogen-bond acceptors (Lipinski definition) is 7. The number of nitrogen functional groups attached to an aromatic ring is 1. The molecule has 0 bridgehead atoms. The van der Waals surface area contributed by atoms with E-state index in [0.717, 1.165) is 43.2 Å². The predicted octanol–water partition coefficient (Wildman–Crippen LogP) is 1.01. The van der Waals surface area contributed by atoms with Crippen LogP contribution in [0.3, 0.4) is 0 Å². The summed E-state index contributed by atoms with van der Waals surface area (Å²) in [5.41, 5.74) is 7.67. The fraction of sp³-hybridized carbons (Fsp3) is 0.429. The fourth-order valence-electron chi connectivity index (χ4n) is 2.33. The highest BCUT2D eigenvalue weighted by atomic mass is 16.5. The first-order valence-corrected chi connectivity index (χ1v) is 7.02. The third-order valence-electron chi connectivity index (χ3n) is 3.42. The zero-order valence-electron chi connectivity index (χ0n) is 11.7. The molecule has 0 amide bonds. The van der Waals surface area contributed by atoms with Crippen molar-refractivity contribution in [2.45, 2.75) is 18.8 Å². The van der Waals surface area contributed by atoms with Crippen molar-refractivity contribution in [1.29, 1.82) is 0 Å². The lowest BCUT2D eigenvalue weighted by Crippen LogP contribution is -2.11. The third kappa shape index (κ3) is 3.63. The lowest BCUT2D eigenvalue weighted by molar-refractivity contribution is 0.193. The van der Waals surface area contributed by atoms with E-state index in [1.54, 1.807) is 18.6 Å². The molecule has 21 heavy (non-hydrogen) atoms. The van der Waals surface area contributed by atoms with Gasteiger partial charge in [0.05, 0.1) is 18.0 Å². The molecule has 1 saturated heterocycles. The number of nitrogens with zero attached hydrogens (tertiary/aromatic N) is 4. The van der Waals surface area contributed by atoms with E-state index in [-0.39, 0.29) is 0 Å². The van der Waals surface area contributed by atoms with Gasteiger partial charge in [0, 0.05) is 50.1 Å². The van der Waals surface area contributed by atoms with E-state index in [2.05, 4.69) is 25.3 Å². The largest absolute Gasteiger partial charge is 0.381 e. The molecule has 2 aromatic rings. The Labute approximate surface area is 123 Å². The van der Waals surface area contributed by atoms with Crippen molar-refractivity contribution in [2.75, 3.05) is 30.8 Å². The van der Waals surface area contributed by atoms with Gasteiger partial charge in [-0.15, -0.1) is 0 Å². The summed E-state index contributed by atoms with van der Waals surface area (Å²) in [6.07, 6.45) is 6.88. The van der Waals surface area contributed by atoms with Crippen LogP contribution in [-0.4, -0.2) is 39.7 Å². The Hall–Kier alpha value is -2.28. The highest BCUT2D eigenvalue weighted by Crippen LogP contribution is 2.25. The lowest BCUT2D eigenvalue weighted by Gasteiger charge is -2.11. The molecule has 2 aromatic heterocycles. The Morgan fingerprint density at radius 2 is 2.29 bits per heavy atom. The van der Waals surface area contributed by atoms with Crippen LogP contribution >= 0.6 is 0 Å². The van der Waals surface area contributed by atoms with Crippen molar-refractivity contribution in [3.8, 4) is 0 Å². The summed E-state index contributed by atoms with van der Waals surface area (Å²) >= 11 is 0. The molecule has 1 aliphatic heterocycles. The molecule has 3 heterocycles. The first-order valence-electron chi connectivity index (χ1n) is 7.02. The first-order chi connectivity index (χ1) is 10.3. The summed E-state index contributed by atoms with van der Waals surface area (Å²) in [6, 6.07) is 1.95. The molecule has 0 aliphatic carbocycles. The van der Waals surface area contributed by atoms with Crippen LogP contribution in [0.5, 0.6) is 0 Å². The van der Waals surface area contributed by atoms with Gasteiger partial charge in [-0.05, 0) is 6.42 Å². The summed E-state index contributed by atoms with van der Waals surface area (Å²) in [7, 11) is 0. The first kappa shape index (κ1) is 13.7. The predicted molar refractivity (Wildman–Crippen MR) is 78.8 cm³/mol. The minimum atomic E-state index is 0.293. The second-order valence-electron chi connectivity index (χ2n) is 4.97. The van der Waals surface area contributed by atoms with E-state index in [4.69, 9.17) is 10.5 Å². The molecule has 1 unspecified atom stereocenters. The van der Waals surface area contributed by atoms with Crippen molar-refractivity contribution in [3.63, 3.8) is 0 Å². The molecule has 3 N–H and O–H groups in total. The minimum absolute atomic E-state index is 0.293. The van der Waals surface area contributed by atoms with Gasteiger partial charge in [0.15, 0.2) is 0 Å². The van der Waals surface area contributed by atoms with Crippen molar-refractivity contribution in [2.24, 2.45) is 0 Å². The molecule has 110 valence electrons. The average molecular weight is 286 g/mol. The van der Waals surface area contributed by atoms with Gasteiger partial charge < -0.3 is 15.8 Å². The minimum Gasteiger partial charge on any atom is -0.381 e. The monoisotopic (exact) mass is 286 g/mol. The maximum absolute atomic E-state index is 5.78. The second-order valence-corrected chi connectivity index (χ2v) is 4.97. The van der Waals surface area contributed by atoms with E-state index in [1.165, 1.54) is 0 Å². The molecule has 7 nitrogen and oxygen atoms in total. The Kier molecular flexibility index (Phi) is 4.20. The van der Waals surface area contributed by atoms with Gasteiger partial charge in [0.25, 0.3) is 0 Å². The molecule has 0 radical (unpaired) electrons. The van der Waals surface area contributed by atoms with E-state index >= 15 is 0 Å². The van der Waals surface area contributed by atoms with Crippen molar-refractivity contribution >= 4 is 11.8 Å². The van der Waals surface area contributed by atoms with Gasteiger partial charge in [0.1, 0.15) is 5.82 Å². The summed E-state index contributed by atoms with van der Waals surface area (Å²) in [4.78, 5) is 16.8. The van der Waals surface area contributed by atoms with Gasteiger partial charge in [0.2, 0.25) is 5.95 Å². The number of nitrogens with one attached hydrogen (secondary N) is 1. The summed E-state index contributed by atoms with van der Waals surface area (Å²) in [5, 5.41) is 3.26. The number of hydrogen-bond donors (Lipinski definition) is 2. The van der Waals surface area contributed by atoms with Gasteiger partial charge >= 0.3 is 0 Å². The summed E-state index contributed by atoms with van der Waals surface area (Å²) in [6.45, 7) is 2.20. The summed E-state index contributed by atoms with van der Waals surface area (Å²) < 4.78 is 5.39. The Balaban J connectivity index is 1.62. The van der Waals surface area contributed by atoms with Gasteiger partial charge in [-0.25, -0.2) is 4.98 Å². The number of anilines is 2. The zero-order valence-corrected chi connectivity index (χ0v) is 11.7. The molecule has 0 aromatic carbocycles. The molecule has 1 fully saturated rings. The normalized spacial score (nSPS) is 17.8. The Bertz CT molecular complexity index is 585. The molecule has 1 atom stereocenters. The van der Waals surface area contributed by atoms with Crippen LogP contribution in [-0.2, 0) is 11.2 Å². The van der Waals surface area contributed by atoms with Crippen LogP contribution in [0.25, 0.3) is 0 Å². The van der Waals surface area contributed by atoms with Gasteiger partial charge in [-0.2, -0.15) is 4.98 Å². The van der Waals surface area contributed by atoms with E-state index in [1.807, 2.05) is 6.07 Å². The van der Waals surface area contributed by atoms with Crippen LogP contribution < -0.4 is 11.1 Å². The van der Waals surface area contributed by atoms with Crippen LogP contribution in [0.1, 0.15) is 23.7 Å². The van der Waals surface area contributed by atoms with Crippen LogP contribution in [0.15, 0.2) is 24.7 Å². The molecule has 7 heteroatoms. The van der Waals surface area contributed by atoms with Crippen molar-refractivity contribution in [3.05, 3.63) is 36.0 Å². The Morgan fingerprint density at radius 1 is 1.33 bits per heavy atom. The fourth-order valence-corrected chi connectivity index (χ4v) is 2.33. The maximum atomic E-state index is 5.78. The molecule has 1 aliphatic rings. The second kappa shape index (κ2) is 6.45. The lowest BCUT2D eigenvalue weighted by atomic mass is 10.0. The maximum Gasteiger partial charge on any atom is 0.222 e. The third-order valence-corrected chi connectivity index (χ3v) is 3.42. The molecular formula is C14H18N6O. The molecular weight excluding hydrogens is 268 g/mol. The van der Waals surface area contributed by atoms with Crippen molar-refractivity contribution < 1.29 is 4.74 Å². The van der Waals surface area contributed by atoms with E-state index in [0.29, 0.717) is 18.5 Å². The van der Waals surface area contributed by atoms with Crippen LogP contribution in [0, 0.1) is 0 Å². The standard InChI is InChI=1S/C14H18N6O/c15-14-19-12(10-2-6-21-9-10)7-13(20-14)18-3-1-11-8-16-4-5-17-11/h4-5,7-8,10H,1-3,6,9H2,(H3,15,18,19,20). The highest BCUT2D eigenvalue weighted by molar-refractivity contribution is 5.41. The average Bonchev–Trinajstić information content (AvgIpc) is 3.02. The van der Waals surface area contributed by atoms with E-state index in [9.17, 15) is 0 Å². The SMILES string of the molecule is Nc1nc(NCCc2cnccn2)cc(C2CCOC2)n1. The zero-order chi connectivity index (χ0) is 14.5. The molecule has 3 rings (SSSR count). The highest BCUT2D eigenvalue weighted by Gasteiger charge is 2.20. The van der Waals surface area contributed by atoms with Gasteiger partial charge in [-0.3, -0.25) is 9.97 Å². The number of aromatic nitrogens is 4. The number of ether oxygens (including phenoxy) is 1. The van der Waals surface area contributed by atoms with Crippen LogP contribution in [0.4, 0.5) is 11.8 Å². The molecule has 0 saturated carbocycles. The topological polar surface area (TPSA) is 98.8 Å². The number of rotatable bonds is 5. The molecule has 0 spiro atoms. The smallest absolute Gasteiger partial charge is 0.222 e. The quantitative estimate of drug-likeness (QED) is 0.846.